The second kappa shape index (κ2) is 6.24. The predicted octanol–water partition coefficient (Wildman–Crippen LogP) is 4.78. The van der Waals surface area contributed by atoms with E-state index in [4.69, 9.17) is 21.1 Å². The predicted molar refractivity (Wildman–Crippen MR) is 88.8 cm³/mol. The molecule has 3 aromatic rings. The third kappa shape index (κ3) is 2.85. The van der Waals surface area contributed by atoms with Gasteiger partial charge in [-0.1, -0.05) is 41.9 Å². The number of pyridine rings is 1. The number of aromatic nitrogens is 1. The zero-order valence-electron chi connectivity index (χ0n) is 12.5. The number of fused-ring (bicyclic) bond motifs is 1. The molecule has 1 heterocycles. The highest BCUT2D eigenvalue weighted by atomic mass is 35.5. The van der Waals surface area contributed by atoms with Gasteiger partial charge in [0, 0.05) is 17.0 Å². The summed E-state index contributed by atoms with van der Waals surface area (Å²) in [6, 6.07) is 15.6. The molecule has 0 aliphatic rings. The molecule has 0 amide bonds. The first-order valence-electron chi connectivity index (χ1n) is 6.99. The van der Waals surface area contributed by atoms with Gasteiger partial charge in [0.15, 0.2) is 0 Å². The van der Waals surface area contributed by atoms with Crippen molar-refractivity contribution in [2.45, 2.75) is 13.5 Å². The topological polar surface area (TPSA) is 31.4 Å². The zero-order valence-corrected chi connectivity index (χ0v) is 13.2. The smallest absolute Gasteiger partial charge is 0.133 e. The number of hydrogen-bond acceptors (Lipinski definition) is 3. The monoisotopic (exact) mass is 313 g/mol. The van der Waals surface area contributed by atoms with Crippen LogP contribution in [0.15, 0.2) is 48.5 Å². The van der Waals surface area contributed by atoms with Crippen molar-refractivity contribution in [1.29, 1.82) is 0 Å². The number of benzene rings is 2. The number of hydrogen-bond donors (Lipinski definition) is 0. The van der Waals surface area contributed by atoms with Gasteiger partial charge in [0.05, 0.1) is 12.6 Å². The van der Waals surface area contributed by atoms with E-state index in [1.165, 1.54) is 0 Å². The van der Waals surface area contributed by atoms with Crippen LogP contribution in [-0.4, -0.2) is 12.1 Å². The van der Waals surface area contributed by atoms with Crippen molar-refractivity contribution in [2.24, 2.45) is 0 Å². The van der Waals surface area contributed by atoms with Crippen LogP contribution in [0, 0.1) is 6.92 Å². The lowest BCUT2D eigenvalue weighted by molar-refractivity contribution is 0.310. The molecule has 0 saturated heterocycles. The molecule has 0 radical (unpaired) electrons. The summed E-state index contributed by atoms with van der Waals surface area (Å²) in [5.41, 5.74) is 2.86. The molecular formula is C18H16ClNO2. The summed E-state index contributed by atoms with van der Waals surface area (Å²) in [6.07, 6.45) is 0. The quantitative estimate of drug-likeness (QED) is 0.649. The molecule has 1 aromatic heterocycles. The molecule has 0 unspecified atom stereocenters. The standard InChI is InChI=1S/C18H16ClNO2/c1-12-15(21-2)9-8-14-16(10-17(19)20-18(12)14)22-11-13-6-4-3-5-7-13/h3-10H,11H2,1-2H3. The minimum Gasteiger partial charge on any atom is -0.496 e. The fourth-order valence-corrected chi connectivity index (χ4v) is 2.61. The van der Waals surface area contributed by atoms with Crippen LogP contribution in [-0.2, 0) is 6.61 Å². The minimum atomic E-state index is 0.409. The third-order valence-corrected chi connectivity index (χ3v) is 3.77. The number of methoxy groups -OCH3 is 1. The molecule has 0 fully saturated rings. The van der Waals surface area contributed by atoms with Crippen LogP contribution in [0.4, 0.5) is 0 Å². The number of halogens is 1. The van der Waals surface area contributed by atoms with Gasteiger partial charge < -0.3 is 9.47 Å². The summed E-state index contributed by atoms with van der Waals surface area (Å²) >= 11 is 6.14. The summed E-state index contributed by atoms with van der Waals surface area (Å²) in [5.74, 6) is 1.51. The Morgan fingerprint density at radius 2 is 1.82 bits per heavy atom. The lowest BCUT2D eigenvalue weighted by Crippen LogP contribution is -1.98. The number of ether oxygens (including phenoxy) is 2. The van der Waals surface area contributed by atoms with Crippen molar-refractivity contribution < 1.29 is 9.47 Å². The average molecular weight is 314 g/mol. The Kier molecular flexibility index (Phi) is 4.16. The Morgan fingerprint density at radius 3 is 2.55 bits per heavy atom. The minimum absolute atomic E-state index is 0.409. The molecule has 4 heteroatoms. The highest BCUT2D eigenvalue weighted by Gasteiger charge is 2.11. The van der Waals surface area contributed by atoms with Gasteiger partial charge in [0.1, 0.15) is 23.3 Å². The molecule has 0 bridgehead atoms. The SMILES string of the molecule is COc1ccc2c(OCc3ccccc3)cc(Cl)nc2c1C. The van der Waals surface area contributed by atoms with Gasteiger partial charge in [-0.2, -0.15) is 0 Å². The van der Waals surface area contributed by atoms with Gasteiger partial charge in [-0.05, 0) is 24.6 Å². The Morgan fingerprint density at radius 1 is 1.05 bits per heavy atom. The zero-order chi connectivity index (χ0) is 15.5. The molecule has 0 aliphatic carbocycles. The molecule has 3 nitrogen and oxygen atoms in total. The van der Waals surface area contributed by atoms with Gasteiger partial charge in [0.2, 0.25) is 0 Å². The lowest BCUT2D eigenvalue weighted by atomic mass is 10.1. The molecule has 0 N–H and O–H groups in total. The molecule has 0 spiro atoms. The van der Waals surface area contributed by atoms with Crippen LogP contribution in [0.5, 0.6) is 11.5 Å². The normalized spacial score (nSPS) is 10.7. The maximum absolute atomic E-state index is 6.14. The molecule has 22 heavy (non-hydrogen) atoms. The average Bonchev–Trinajstić information content (AvgIpc) is 2.54. The van der Waals surface area contributed by atoms with Gasteiger partial charge in [0.25, 0.3) is 0 Å². The van der Waals surface area contributed by atoms with Crippen LogP contribution < -0.4 is 9.47 Å². The van der Waals surface area contributed by atoms with Gasteiger partial charge in [-0.3, -0.25) is 0 Å². The van der Waals surface area contributed by atoms with Crippen LogP contribution in [0.3, 0.4) is 0 Å². The molecule has 3 rings (SSSR count). The summed E-state index contributed by atoms with van der Waals surface area (Å²) < 4.78 is 11.3. The van der Waals surface area contributed by atoms with Crippen molar-refractivity contribution in [3.05, 3.63) is 64.8 Å². The highest BCUT2D eigenvalue weighted by molar-refractivity contribution is 6.30. The Balaban J connectivity index is 2.00. The van der Waals surface area contributed by atoms with Gasteiger partial charge >= 0.3 is 0 Å². The second-order valence-corrected chi connectivity index (χ2v) is 5.39. The van der Waals surface area contributed by atoms with Crippen LogP contribution in [0.25, 0.3) is 10.9 Å². The molecule has 0 aliphatic heterocycles. The molecular weight excluding hydrogens is 298 g/mol. The van der Waals surface area contributed by atoms with Crippen LogP contribution >= 0.6 is 11.6 Å². The fourth-order valence-electron chi connectivity index (χ4n) is 2.43. The first-order valence-corrected chi connectivity index (χ1v) is 7.37. The van der Waals surface area contributed by atoms with E-state index in [1.807, 2.05) is 49.4 Å². The first kappa shape index (κ1) is 14.7. The second-order valence-electron chi connectivity index (χ2n) is 5.01. The Bertz CT molecular complexity index is 803. The van der Waals surface area contributed by atoms with E-state index < -0.39 is 0 Å². The van der Waals surface area contributed by atoms with Crippen LogP contribution in [0.2, 0.25) is 5.15 Å². The van der Waals surface area contributed by atoms with E-state index in [2.05, 4.69) is 4.98 Å². The van der Waals surface area contributed by atoms with E-state index in [9.17, 15) is 0 Å². The van der Waals surface area contributed by atoms with Gasteiger partial charge in [-0.15, -0.1) is 0 Å². The van der Waals surface area contributed by atoms with E-state index in [0.29, 0.717) is 11.8 Å². The molecule has 112 valence electrons. The summed E-state index contributed by atoms with van der Waals surface area (Å²) in [5, 5.41) is 1.34. The third-order valence-electron chi connectivity index (χ3n) is 3.57. The Hall–Kier alpha value is -2.26. The van der Waals surface area contributed by atoms with E-state index in [-0.39, 0.29) is 0 Å². The molecule has 2 aromatic carbocycles. The Labute approximate surface area is 134 Å². The lowest BCUT2D eigenvalue weighted by Gasteiger charge is -2.13. The van der Waals surface area contributed by atoms with Crippen molar-refractivity contribution >= 4 is 22.5 Å². The summed E-state index contributed by atoms with van der Waals surface area (Å²) in [7, 11) is 1.64. The fraction of sp³-hybridized carbons (Fsp3) is 0.167. The number of nitrogens with zero attached hydrogens (tertiary/aromatic N) is 1. The van der Waals surface area contributed by atoms with Gasteiger partial charge in [-0.25, -0.2) is 4.98 Å². The van der Waals surface area contributed by atoms with E-state index in [0.717, 1.165) is 33.5 Å². The summed E-state index contributed by atoms with van der Waals surface area (Å²) in [6.45, 7) is 2.45. The van der Waals surface area contributed by atoms with Crippen molar-refractivity contribution in [3.8, 4) is 11.5 Å². The van der Waals surface area contributed by atoms with E-state index in [1.54, 1.807) is 13.2 Å². The van der Waals surface area contributed by atoms with Crippen molar-refractivity contribution in [1.82, 2.24) is 4.98 Å². The number of aryl methyl sites for hydroxylation is 1. The van der Waals surface area contributed by atoms with Crippen molar-refractivity contribution in [3.63, 3.8) is 0 Å². The number of rotatable bonds is 4. The molecule has 0 saturated carbocycles. The first-order chi connectivity index (χ1) is 10.7. The maximum Gasteiger partial charge on any atom is 0.133 e. The van der Waals surface area contributed by atoms with E-state index >= 15 is 0 Å². The molecule has 0 atom stereocenters. The highest BCUT2D eigenvalue weighted by Crippen LogP contribution is 2.33. The maximum atomic E-state index is 6.14. The largest absolute Gasteiger partial charge is 0.496 e. The van der Waals surface area contributed by atoms with Crippen LogP contribution in [0.1, 0.15) is 11.1 Å². The van der Waals surface area contributed by atoms with Crippen molar-refractivity contribution in [2.75, 3.05) is 7.11 Å². The summed E-state index contributed by atoms with van der Waals surface area (Å²) in [4.78, 5) is 4.40.